The molecular weight excluding hydrogens is 417 g/mol. The van der Waals surface area contributed by atoms with Crippen molar-refractivity contribution in [1.82, 2.24) is 14.8 Å². The van der Waals surface area contributed by atoms with Crippen LogP contribution in [0.1, 0.15) is 5.56 Å². The molecule has 0 radical (unpaired) electrons. The predicted molar refractivity (Wildman–Crippen MR) is 108 cm³/mol. The number of thioether (sulfide) groups is 1. The number of halogens is 3. The number of hydrogen-bond acceptors (Lipinski definition) is 5. The van der Waals surface area contributed by atoms with Gasteiger partial charge in [-0.25, -0.2) is 0 Å². The molecule has 1 N–H and O–H groups in total. The number of ether oxygens (including phenoxy) is 1. The lowest BCUT2D eigenvalue weighted by Gasteiger charge is -2.13. The number of amides is 1. The Morgan fingerprint density at radius 3 is 2.50 bits per heavy atom. The van der Waals surface area contributed by atoms with Gasteiger partial charge in [0.2, 0.25) is 5.91 Å². The second-order valence-electron chi connectivity index (χ2n) is 6.20. The van der Waals surface area contributed by atoms with E-state index >= 15 is 0 Å². The number of hydrogen-bond donors (Lipinski definition) is 1. The molecule has 158 valence electrons. The maximum Gasteiger partial charge on any atom is 0.418 e. The summed E-state index contributed by atoms with van der Waals surface area (Å²) in [7, 11) is 1.57. The number of carbonyl (C=O) groups excluding carboxylic acids is 1. The molecule has 0 unspecified atom stereocenters. The highest BCUT2D eigenvalue weighted by Crippen LogP contribution is 2.34. The highest BCUT2D eigenvalue weighted by molar-refractivity contribution is 7.99. The van der Waals surface area contributed by atoms with E-state index in [0.29, 0.717) is 24.1 Å². The van der Waals surface area contributed by atoms with Crippen molar-refractivity contribution in [3.63, 3.8) is 0 Å². The number of rotatable bonds is 8. The number of nitrogens with zero attached hydrogens (tertiary/aromatic N) is 3. The smallest absolute Gasteiger partial charge is 0.383 e. The molecule has 0 fully saturated rings. The zero-order valence-corrected chi connectivity index (χ0v) is 16.8. The molecule has 1 heterocycles. The third kappa shape index (κ3) is 5.39. The molecule has 0 atom stereocenters. The fourth-order valence-electron chi connectivity index (χ4n) is 2.74. The minimum Gasteiger partial charge on any atom is -0.383 e. The van der Waals surface area contributed by atoms with E-state index in [1.165, 1.54) is 18.2 Å². The maximum absolute atomic E-state index is 13.1. The van der Waals surface area contributed by atoms with Crippen LogP contribution in [0.5, 0.6) is 0 Å². The zero-order chi connectivity index (χ0) is 21.6. The lowest BCUT2D eigenvalue weighted by Crippen LogP contribution is -2.18. The number of benzene rings is 2. The summed E-state index contributed by atoms with van der Waals surface area (Å²) in [4.78, 5) is 12.3. The summed E-state index contributed by atoms with van der Waals surface area (Å²) < 4.78 is 46.2. The van der Waals surface area contributed by atoms with Gasteiger partial charge in [0.25, 0.3) is 0 Å². The number of anilines is 1. The van der Waals surface area contributed by atoms with Gasteiger partial charge in [-0.05, 0) is 12.1 Å². The van der Waals surface area contributed by atoms with E-state index in [4.69, 9.17) is 4.74 Å². The Bertz CT molecular complexity index is 993. The van der Waals surface area contributed by atoms with Crippen molar-refractivity contribution in [2.75, 3.05) is 24.8 Å². The summed E-state index contributed by atoms with van der Waals surface area (Å²) in [6, 6.07) is 14.3. The first-order valence-electron chi connectivity index (χ1n) is 8.96. The molecule has 0 spiro atoms. The van der Waals surface area contributed by atoms with Gasteiger partial charge in [-0.3, -0.25) is 9.36 Å². The molecule has 1 amide bonds. The van der Waals surface area contributed by atoms with Crippen molar-refractivity contribution >= 4 is 23.4 Å². The standard InChI is InChI=1S/C20H19F3N4O2S/c1-29-12-11-27-18(14-7-3-2-4-8-14)25-26-19(27)30-13-17(28)24-16-10-6-5-9-15(16)20(21,22)23/h2-10H,11-13H2,1H3,(H,24,28). The van der Waals surface area contributed by atoms with Gasteiger partial charge in [0.15, 0.2) is 11.0 Å². The van der Waals surface area contributed by atoms with Crippen LogP contribution in [0.25, 0.3) is 11.4 Å². The first kappa shape index (κ1) is 21.8. The number of nitrogens with one attached hydrogen (secondary N) is 1. The van der Waals surface area contributed by atoms with Crippen LogP contribution in [0, 0.1) is 0 Å². The Kier molecular flexibility index (Phi) is 7.11. The van der Waals surface area contributed by atoms with Gasteiger partial charge in [0.05, 0.1) is 30.2 Å². The first-order valence-corrected chi connectivity index (χ1v) is 9.95. The van der Waals surface area contributed by atoms with E-state index in [9.17, 15) is 18.0 Å². The molecule has 0 aliphatic rings. The lowest BCUT2D eigenvalue weighted by molar-refractivity contribution is -0.137. The average Bonchev–Trinajstić information content (AvgIpc) is 3.13. The zero-order valence-electron chi connectivity index (χ0n) is 16.0. The van der Waals surface area contributed by atoms with E-state index in [1.807, 2.05) is 34.9 Å². The molecule has 10 heteroatoms. The van der Waals surface area contributed by atoms with Crippen LogP contribution in [0.3, 0.4) is 0 Å². The van der Waals surface area contributed by atoms with Crippen LogP contribution >= 0.6 is 11.8 Å². The lowest BCUT2D eigenvalue weighted by atomic mass is 10.1. The number of alkyl halides is 3. The predicted octanol–water partition coefficient (Wildman–Crippen LogP) is 4.34. The van der Waals surface area contributed by atoms with Crippen LogP contribution in [-0.2, 0) is 22.3 Å². The minimum absolute atomic E-state index is 0.119. The Labute approximate surface area is 175 Å². The fraction of sp³-hybridized carbons (Fsp3) is 0.250. The van der Waals surface area contributed by atoms with Crippen LogP contribution in [0.2, 0.25) is 0 Å². The Morgan fingerprint density at radius 2 is 1.80 bits per heavy atom. The molecule has 0 aliphatic carbocycles. The molecule has 0 saturated heterocycles. The van der Waals surface area contributed by atoms with Crippen molar-refractivity contribution < 1.29 is 22.7 Å². The molecule has 0 aliphatic heterocycles. The molecule has 3 aromatic rings. The topological polar surface area (TPSA) is 69.0 Å². The van der Waals surface area contributed by atoms with Crippen molar-refractivity contribution in [2.45, 2.75) is 17.9 Å². The quantitative estimate of drug-likeness (QED) is 0.532. The number of methoxy groups -OCH3 is 1. The van der Waals surface area contributed by atoms with Crippen LogP contribution in [0.4, 0.5) is 18.9 Å². The van der Waals surface area contributed by atoms with Gasteiger partial charge < -0.3 is 10.1 Å². The average molecular weight is 436 g/mol. The number of carbonyl (C=O) groups is 1. The Hall–Kier alpha value is -2.85. The summed E-state index contributed by atoms with van der Waals surface area (Å²) in [5.41, 5.74) is -0.309. The van der Waals surface area contributed by atoms with Gasteiger partial charge in [-0.2, -0.15) is 13.2 Å². The van der Waals surface area contributed by atoms with Gasteiger partial charge in [0.1, 0.15) is 0 Å². The molecule has 1 aromatic heterocycles. The molecular formula is C20H19F3N4O2S. The summed E-state index contributed by atoms with van der Waals surface area (Å²) in [5, 5.41) is 11.1. The van der Waals surface area contributed by atoms with Crippen LogP contribution in [-0.4, -0.2) is 40.1 Å². The summed E-state index contributed by atoms with van der Waals surface area (Å²) in [5.74, 6) is -0.0660. The molecule has 0 bridgehead atoms. The maximum atomic E-state index is 13.1. The van der Waals surface area contributed by atoms with Crippen LogP contribution in [0.15, 0.2) is 59.8 Å². The monoisotopic (exact) mass is 436 g/mol. The Morgan fingerprint density at radius 1 is 1.10 bits per heavy atom. The summed E-state index contributed by atoms with van der Waals surface area (Å²) in [6.45, 7) is 0.880. The molecule has 6 nitrogen and oxygen atoms in total. The van der Waals surface area contributed by atoms with E-state index in [2.05, 4.69) is 15.5 Å². The SMILES string of the molecule is COCCn1c(SCC(=O)Nc2ccccc2C(F)(F)F)nnc1-c1ccccc1. The largest absolute Gasteiger partial charge is 0.418 e. The highest BCUT2D eigenvalue weighted by atomic mass is 32.2. The van der Waals surface area contributed by atoms with E-state index < -0.39 is 17.6 Å². The second kappa shape index (κ2) is 9.77. The van der Waals surface area contributed by atoms with Crippen LogP contribution < -0.4 is 5.32 Å². The van der Waals surface area contributed by atoms with Crippen molar-refractivity contribution in [1.29, 1.82) is 0 Å². The normalized spacial score (nSPS) is 11.5. The van der Waals surface area contributed by atoms with Gasteiger partial charge in [-0.15, -0.1) is 10.2 Å². The van der Waals surface area contributed by atoms with Gasteiger partial charge >= 0.3 is 6.18 Å². The molecule has 0 saturated carbocycles. The summed E-state index contributed by atoms with van der Waals surface area (Å²) >= 11 is 1.09. The fourth-order valence-corrected chi connectivity index (χ4v) is 3.50. The van der Waals surface area contributed by atoms with Crippen molar-refractivity contribution in [2.24, 2.45) is 0 Å². The van der Waals surface area contributed by atoms with E-state index in [1.54, 1.807) is 7.11 Å². The van der Waals surface area contributed by atoms with Gasteiger partial charge in [-0.1, -0.05) is 54.2 Å². The van der Waals surface area contributed by atoms with Gasteiger partial charge in [0, 0.05) is 12.7 Å². The second-order valence-corrected chi connectivity index (χ2v) is 7.14. The third-order valence-electron chi connectivity index (χ3n) is 4.11. The first-order chi connectivity index (χ1) is 14.4. The third-order valence-corrected chi connectivity index (χ3v) is 5.07. The van der Waals surface area contributed by atoms with Crippen molar-refractivity contribution in [3.05, 3.63) is 60.2 Å². The van der Waals surface area contributed by atoms with E-state index in [-0.39, 0.29) is 11.4 Å². The molecule has 2 aromatic carbocycles. The number of para-hydroxylation sites is 1. The minimum atomic E-state index is -4.55. The summed E-state index contributed by atoms with van der Waals surface area (Å²) in [6.07, 6.45) is -4.55. The Balaban J connectivity index is 1.73. The number of aromatic nitrogens is 3. The molecule has 30 heavy (non-hydrogen) atoms. The van der Waals surface area contributed by atoms with E-state index in [0.717, 1.165) is 23.4 Å². The highest BCUT2D eigenvalue weighted by Gasteiger charge is 2.33. The van der Waals surface area contributed by atoms with Crippen molar-refractivity contribution in [3.8, 4) is 11.4 Å². The molecule has 3 rings (SSSR count).